The highest BCUT2D eigenvalue weighted by molar-refractivity contribution is 5.92. The first-order valence-corrected chi connectivity index (χ1v) is 8.65. The maximum atomic E-state index is 12.4. The van der Waals surface area contributed by atoms with Crippen LogP contribution in [-0.2, 0) is 17.6 Å². The first-order chi connectivity index (χ1) is 13.9. The van der Waals surface area contributed by atoms with Gasteiger partial charge in [-0.1, -0.05) is 5.16 Å². The summed E-state index contributed by atoms with van der Waals surface area (Å²) >= 11 is 0. The zero-order chi connectivity index (χ0) is 22.6. The molecule has 1 aliphatic rings. The number of amides is 1. The number of hydrogen-bond donors (Lipinski definition) is 2. The molecule has 0 saturated heterocycles. The summed E-state index contributed by atoms with van der Waals surface area (Å²) in [5.74, 6) is -3.32. The minimum absolute atomic E-state index is 0.176. The van der Waals surface area contributed by atoms with Crippen LogP contribution in [0.1, 0.15) is 43.6 Å². The smallest absolute Gasteiger partial charge is 0.478 e. The van der Waals surface area contributed by atoms with Gasteiger partial charge in [-0.2, -0.15) is 13.2 Å². The molecule has 2 aromatic rings. The second kappa shape index (κ2) is 8.93. The van der Waals surface area contributed by atoms with Crippen LogP contribution in [0.15, 0.2) is 16.7 Å². The molecule has 9 nitrogen and oxygen atoms in total. The number of carbonyl (C=O) groups is 3. The lowest BCUT2D eigenvalue weighted by atomic mass is 10.0. The number of carboxylic acids is 2. The van der Waals surface area contributed by atoms with Crippen molar-refractivity contribution in [2.45, 2.75) is 32.9 Å². The van der Waals surface area contributed by atoms with Gasteiger partial charge in [-0.3, -0.25) is 9.78 Å². The molecule has 2 N–H and O–H groups in total. The maximum absolute atomic E-state index is 12.4. The Morgan fingerprint density at radius 2 is 1.70 bits per heavy atom. The van der Waals surface area contributed by atoms with Crippen molar-refractivity contribution in [3.8, 4) is 0 Å². The number of rotatable bonds is 2. The summed E-state index contributed by atoms with van der Waals surface area (Å²) in [6.45, 7) is 4.45. The van der Waals surface area contributed by atoms with E-state index in [-0.39, 0.29) is 11.5 Å². The molecule has 1 aliphatic heterocycles. The minimum atomic E-state index is -5.08. The van der Waals surface area contributed by atoms with Crippen molar-refractivity contribution in [3.63, 3.8) is 0 Å². The van der Waals surface area contributed by atoms with Gasteiger partial charge < -0.3 is 19.6 Å². The molecule has 0 bridgehead atoms. The van der Waals surface area contributed by atoms with E-state index in [1.54, 1.807) is 30.9 Å². The average molecular weight is 429 g/mol. The molecule has 30 heavy (non-hydrogen) atoms. The van der Waals surface area contributed by atoms with E-state index < -0.39 is 18.1 Å². The van der Waals surface area contributed by atoms with Gasteiger partial charge in [0.05, 0.1) is 11.3 Å². The highest BCUT2D eigenvalue weighted by atomic mass is 19.4. The van der Waals surface area contributed by atoms with Gasteiger partial charge in [0.15, 0.2) is 5.69 Å². The summed E-state index contributed by atoms with van der Waals surface area (Å²) in [5.41, 5.74) is 2.77. The number of aryl methyl sites for hydroxylation is 2. The molecule has 0 radical (unpaired) electrons. The number of aliphatic carboxylic acids is 1. The number of nitrogens with zero attached hydrogens (tertiary/aromatic N) is 3. The summed E-state index contributed by atoms with van der Waals surface area (Å²) in [5, 5.41) is 20.1. The molecule has 0 aliphatic carbocycles. The summed E-state index contributed by atoms with van der Waals surface area (Å²) < 4.78 is 36.7. The lowest BCUT2D eigenvalue weighted by molar-refractivity contribution is -0.192. The first-order valence-electron chi connectivity index (χ1n) is 8.65. The van der Waals surface area contributed by atoms with Crippen molar-refractivity contribution in [2.24, 2.45) is 0 Å². The Morgan fingerprint density at radius 1 is 1.10 bits per heavy atom. The van der Waals surface area contributed by atoms with E-state index in [0.29, 0.717) is 43.1 Å². The highest BCUT2D eigenvalue weighted by Gasteiger charge is 2.38. The summed E-state index contributed by atoms with van der Waals surface area (Å²) in [6.07, 6.45) is -3.91. The predicted octanol–water partition coefficient (Wildman–Crippen LogP) is 2.26. The van der Waals surface area contributed by atoms with Crippen LogP contribution in [0.2, 0.25) is 0 Å². The number of hydrogen-bond acceptors (Lipinski definition) is 6. The molecule has 3 heterocycles. The largest absolute Gasteiger partial charge is 0.490 e. The van der Waals surface area contributed by atoms with Crippen LogP contribution in [-0.4, -0.2) is 62.4 Å². The summed E-state index contributed by atoms with van der Waals surface area (Å²) in [4.78, 5) is 38.7. The van der Waals surface area contributed by atoms with Gasteiger partial charge in [0.1, 0.15) is 5.76 Å². The van der Waals surface area contributed by atoms with Crippen molar-refractivity contribution >= 4 is 17.8 Å². The van der Waals surface area contributed by atoms with Crippen LogP contribution < -0.4 is 0 Å². The number of carboxylic acid groups (broad SMARTS) is 2. The van der Waals surface area contributed by atoms with Gasteiger partial charge in [-0.15, -0.1) is 0 Å². The van der Waals surface area contributed by atoms with Crippen LogP contribution in [0.4, 0.5) is 13.2 Å². The Labute approximate surface area is 168 Å². The molecular formula is C18H18F3N3O6. The van der Waals surface area contributed by atoms with Gasteiger partial charge in [0.2, 0.25) is 0 Å². The Balaban J connectivity index is 0.000000396. The van der Waals surface area contributed by atoms with E-state index in [2.05, 4.69) is 10.1 Å². The Kier molecular flexibility index (Phi) is 6.80. The third-order valence-corrected chi connectivity index (χ3v) is 4.26. The number of pyridine rings is 1. The highest BCUT2D eigenvalue weighted by Crippen LogP contribution is 2.19. The molecule has 0 aromatic carbocycles. The number of fused-ring (bicyclic) bond motifs is 1. The van der Waals surface area contributed by atoms with Gasteiger partial charge in [-0.05, 0) is 31.9 Å². The minimum Gasteiger partial charge on any atom is -0.478 e. The Morgan fingerprint density at radius 3 is 2.20 bits per heavy atom. The third kappa shape index (κ3) is 5.55. The van der Waals surface area contributed by atoms with Crippen molar-refractivity contribution in [2.75, 3.05) is 13.1 Å². The fourth-order valence-corrected chi connectivity index (χ4v) is 2.79. The number of alkyl halides is 3. The van der Waals surface area contributed by atoms with Gasteiger partial charge in [0.25, 0.3) is 5.91 Å². The molecule has 3 rings (SSSR count). The molecule has 2 aromatic heterocycles. The third-order valence-electron chi connectivity index (χ3n) is 4.26. The molecule has 0 atom stereocenters. The van der Waals surface area contributed by atoms with Crippen molar-refractivity contribution in [1.82, 2.24) is 15.0 Å². The quantitative estimate of drug-likeness (QED) is 0.743. The van der Waals surface area contributed by atoms with Gasteiger partial charge >= 0.3 is 18.1 Å². The number of aromatic carboxylic acids is 1. The predicted molar refractivity (Wildman–Crippen MR) is 94.2 cm³/mol. The Hall–Kier alpha value is -3.44. The monoisotopic (exact) mass is 429 g/mol. The standard InChI is InChI=1S/C16H17N3O4.C2HF3O2/c1-9-7-14(18-23-9)15(20)19-5-3-11-8-12(16(21)22)10(2)17-13(11)4-6-19;3-2(4,5)1(6)7/h7-8H,3-6H2,1-2H3,(H,21,22);(H,6,7). The van der Waals surface area contributed by atoms with E-state index in [1.165, 1.54) is 0 Å². The summed E-state index contributed by atoms with van der Waals surface area (Å²) in [6, 6.07) is 3.29. The molecular weight excluding hydrogens is 411 g/mol. The van der Waals surface area contributed by atoms with Crippen molar-refractivity contribution in [1.29, 1.82) is 0 Å². The zero-order valence-electron chi connectivity index (χ0n) is 16.0. The normalized spacial score (nSPS) is 13.6. The van der Waals surface area contributed by atoms with Crippen molar-refractivity contribution < 1.29 is 42.3 Å². The molecule has 0 fully saturated rings. The molecule has 0 spiro atoms. The topological polar surface area (TPSA) is 134 Å². The Bertz CT molecular complexity index is 971. The summed E-state index contributed by atoms with van der Waals surface area (Å²) in [7, 11) is 0. The number of carbonyl (C=O) groups excluding carboxylic acids is 1. The van der Waals surface area contributed by atoms with E-state index in [4.69, 9.17) is 14.4 Å². The van der Waals surface area contributed by atoms with Gasteiger partial charge in [0, 0.05) is 31.3 Å². The molecule has 1 amide bonds. The average Bonchev–Trinajstić information content (AvgIpc) is 2.97. The molecule has 0 unspecified atom stereocenters. The maximum Gasteiger partial charge on any atom is 0.490 e. The zero-order valence-corrected chi connectivity index (χ0v) is 16.0. The SMILES string of the molecule is Cc1cc(C(=O)N2CCc3cc(C(=O)O)c(C)nc3CC2)no1.O=C(O)C(F)(F)F. The molecule has 162 valence electrons. The number of halogens is 3. The second-order valence-corrected chi connectivity index (χ2v) is 6.45. The van der Waals surface area contributed by atoms with Crippen LogP contribution in [0, 0.1) is 13.8 Å². The molecule has 0 saturated carbocycles. The van der Waals surface area contributed by atoms with Crippen LogP contribution in [0.3, 0.4) is 0 Å². The first kappa shape index (κ1) is 22.8. The van der Waals surface area contributed by atoms with E-state index in [0.717, 1.165) is 11.3 Å². The van der Waals surface area contributed by atoms with E-state index >= 15 is 0 Å². The fraction of sp³-hybridized carbons (Fsp3) is 0.389. The van der Waals surface area contributed by atoms with Crippen LogP contribution >= 0.6 is 0 Å². The number of aromatic nitrogens is 2. The van der Waals surface area contributed by atoms with E-state index in [9.17, 15) is 27.9 Å². The van der Waals surface area contributed by atoms with Crippen LogP contribution in [0.5, 0.6) is 0 Å². The molecule has 12 heteroatoms. The fourth-order valence-electron chi connectivity index (χ4n) is 2.79. The van der Waals surface area contributed by atoms with E-state index in [1.807, 2.05) is 0 Å². The second-order valence-electron chi connectivity index (χ2n) is 6.45. The van der Waals surface area contributed by atoms with Crippen molar-refractivity contribution in [3.05, 3.63) is 46.1 Å². The lowest BCUT2D eigenvalue weighted by Crippen LogP contribution is -2.33. The van der Waals surface area contributed by atoms with Crippen LogP contribution in [0.25, 0.3) is 0 Å². The lowest BCUT2D eigenvalue weighted by Gasteiger charge is -2.18. The van der Waals surface area contributed by atoms with Gasteiger partial charge in [-0.25, -0.2) is 9.59 Å².